The number of benzene rings is 1. The highest BCUT2D eigenvalue weighted by atomic mass is 79.9. The maximum absolute atomic E-state index is 12.2. The van der Waals surface area contributed by atoms with Crippen LogP contribution in [0.3, 0.4) is 0 Å². The molecular formula is C17H12BrN3O. The number of carbonyl (C=O) groups is 1. The van der Waals surface area contributed by atoms with Gasteiger partial charge in [-0.2, -0.15) is 0 Å². The molecule has 3 aromatic rings. The number of amides is 1. The molecule has 1 N–H and O–H groups in total. The SMILES string of the molecule is O=C(Nc1ccc(Br)cn1)c1ccc(-c2ccccn2)cc1. The van der Waals surface area contributed by atoms with Gasteiger partial charge in [0.25, 0.3) is 5.91 Å². The van der Waals surface area contributed by atoms with Crippen molar-refractivity contribution in [3.63, 3.8) is 0 Å². The average Bonchev–Trinajstić information content (AvgIpc) is 2.58. The van der Waals surface area contributed by atoms with Crippen LogP contribution >= 0.6 is 15.9 Å². The minimum absolute atomic E-state index is 0.192. The van der Waals surface area contributed by atoms with E-state index in [1.165, 1.54) is 0 Å². The predicted octanol–water partition coefficient (Wildman–Crippen LogP) is 4.16. The van der Waals surface area contributed by atoms with Gasteiger partial charge in [0.2, 0.25) is 0 Å². The summed E-state index contributed by atoms with van der Waals surface area (Å²) in [5.41, 5.74) is 2.42. The zero-order valence-corrected chi connectivity index (χ0v) is 13.1. The van der Waals surface area contributed by atoms with E-state index < -0.39 is 0 Å². The van der Waals surface area contributed by atoms with Gasteiger partial charge >= 0.3 is 0 Å². The van der Waals surface area contributed by atoms with Gasteiger partial charge in [0.15, 0.2) is 0 Å². The number of pyridine rings is 2. The van der Waals surface area contributed by atoms with E-state index in [1.807, 2.05) is 36.4 Å². The van der Waals surface area contributed by atoms with Gasteiger partial charge in [-0.05, 0) is 52.3 Å². The van der Waals surface area contributed by atoms with Gasteiger partial charge < -0.3 is 5.32 Å². The minimum Gasteiger partial charge on any atom is -0.307 e. The number of aromatic nitrogens is 2. The molecule has 0 aliphatic carbocycles. The third-order valence-electron chi connectivity index (χ3n) is 3.08. The molecule has 0 spiro atoms. The third kappa shape index (κ3) is 3.38. The summed E-state index contributed by atoms with van der Waals surface area (Å²) in [4.78, 5) is 20.6. The Labute approximate surface area is 136 Å². The monoisotopic (exact) mass is 353 g/mol. The molecule has 0 saturated heterocycles. The second kappa shape index (κ2) is 6.49. The first-order chi connectivity index (χ1) is 10.7. The van der Waals surface area contributed by atoms with Crippen LogP contribution in [0.5, 0.6) is 0 Å². The Balaban J connectivity index is 1.75. The van der Waals surface area contributed by atoms with Crippen LogP contribution in [0.25, 0.3) is 11.3 Å². The lowest BCUT2D eigenvalue weighted by atomic mass is 10.1. The molecule has 5 heteroatoms. The van der Waals surface area contributed by atoms with Gasteiger partial charge in [-0.15, -0.1) is 0 Å². The molecule has 0 bridgehead atoms. The third-order valence-corrected chi connectivity index (χ3v) is 3.55. The summed E-state index contributed by atoms with van der Waals surface area (Å²) in [5, 5.41) is 2.76. The van der Waals surface area contributed by atoms with Crippen molar-refractivity contribution in [3.8, 4) is 11.3 Å². The molecule has 2 aromatic heterocycles. The van der Waals surface area contributed by atoms with Crippen molar-refractivity contribution >= 4 is 27.7 Å². The number of hydrogen-bond donors (Lipinski definition) is 1. The summed E-state index contributed by atoms with van der Waals surface area (Å²) in [6.07, 6.45) is 3.38. The molecule has 22 heavy (non-hydrogen) atoms. The van der Waals surface area contributed by atoms with Crippen molar-refractivity contribution in [2.45, 2.75) is 0 Å². The van der Waals surface area contributed by atoms with Crippen molar-refractivity contribution < 1.29 is 4.79 Å². The average molecular weight is 354 g/mol. The second-order valence-electron chi connectivity index (χ2n) is 4.61. The largest absolute Gasteiger partial charge is 0.307 e. The Bertz CT molecular complexity index is 771. The second-order valence-corrected chi connectivity index (χ2v) is 5.52. The van der Waals surface area contributed by atoms with E-state index in [-0.39, 0.29) is 5.91 Å². The molecule has 0 atom stereocenters. The van der Waals surface area contributed by atoms with Crippen LogP contribution in [0, 0.1) is 0 Å². The summed E-state index contributed by atoms with van der Waals surface area (Å²) in [7, 11) is 0. The number of hydrogen-bond acceptors (Lipinski definition) is 3. The highest BCUT2D eigenvalue weighted by molar-refractivity contribution is 9.10. The van der Waals surface area contributed by atoms with Crippen molar-refractivity contribution in [2.75, 3.05) is 5.32 Å². The number of rotatable bonds is 3. The van der Waals surface area contributed by atoms with Gasteiger partial charge in [0, 0.05) is 28.0 Å². The Morgan fingerprint density at radius 1 is 0.955 bits per heavy atom. The maximum atomic E-state index is 12.2. The molecule has 0 aliphatic rings. The molecule has 0 fully saturated rings. The van der Waals surface area contributed by atoms with Gasteiger partial charge in [0.05, 0.1) is 5.69 Å². The summed E-state index contributed by atoms with van der Waals surface area (Å²) >= 11 is 3.31. The highest BCUT2D eigenvalue weighted by Gasteiger charge is 2.07. The molecule has 0 radical (unpaired) electrons. The highest BCUT2D eigenvalue weighted by Crippen LogP contribution is 2.17. The van der Waals surface area contributed by atoms with Crippen LogP contribution in [-0.4, -0.2) is 15.9 Å². The quantitative estimate of drug-likeness (QED) is 0.769. The van der Waals surface area contributed by atoms with E-state index in [2.05, 4.69) is 31.2 Å². The molecule has 0 aliphatic heterocycles. The molecule has 3 rings (SSSR count). The molecule has 2 heterocycles. The van der Waals surface area contributed by atoms with Gasteiger partial charge in [-0.1, -0.05) is 18.2 Å². The summed E-state index contributed by atoms with van der Waals surface area (Å²) in [6, 6.07) is 16.6. The fourth-order valence-electron chi connectivity index (χ4n) is 1.96. The zero-order valence-electron chi connectivity index (χ0n) is 11.5. The van der Waals surface area contributed by atoms with Crippen LogP contribution in [0.15, 0.2) is 71.5 Å². The van der Waals surface area contributed by atoms with Crippen LogP contribution in [-0.2, 0) is 0 Å². The standard InChI is InChI=1S/C17H12BrN3O/c18-14-8-9-16(20-11-14)21-17(22)13-6-4-12(5-7-13)15-3-1-2-10-19-15/h1-11H,(H,20,21,22). The van der Waals surface area contributed by atoms with Crippen molar-refractivity contribution in [2.24, 2.45) is 0 Å². The lowest BCUT2D eigenvalue weighted by molar-refractivity contribution is 0.102. The first-order valence-corrected chi connectivity index (χ1v) is 7.46. The topological polar surface area (TPSA) is 54.9 Å². The van der Waals surface area contributed by atoms with Crippen LogP contribution in [0.2, 0.25) is 0 Å². The Kier molecular flexibility index (Phi) is 4.25. The van der Waals surface area contributed by atoms with Gasteiger partial charge in [-0.3, -0.25) is 9.78 Å². The van der Waals surface area contributed by atoms with Crippen LogP contribution in [0.1, 0.15) is 10.4 Å². The molecule has 108 valence electrons. The summed E-state index contributed by atoms with van der Waals surface area (Å²) in [6.45, 7) is 0. The van der Waals surface area contributed by atoms with Gasteiger partial charge in [0.1, 0.15) is 5.82 Å². The lowest BCUT2D eigenvalue weighted by Crippen LogP contribution is -2.12. The van der Waals surface area contributed by atoms with E-state index in [4.69, 9.17) is 0 Å². The Morgan fingerprint density at radius 2 is 1.77 bits per heavy atom. The molecule has 4 nitrogen and oxygen atoms in total. The van der Waals surface area contributed by atoms with Crippen molar-refractivity contribution in [3.05, 3.63) is 77.0 Å². The first-order valence-electron chi connectivity index (χ1n) is 6.67. The van der Waals surface area contributed by atoms with Crippen LogP contribution in [0.4, 0.5) is 5.82 Å². The molecule has 0 unspecified atom stereocenters. The molecule has 0 saturated carbocycles. The zero-order chi connectivity index (χ0) is 15.4. The van der Waals surface area contributed by atoms with E-state index in [0.717, 1.165) is 15.7 Å². The van der Waals surface area contributed by atoms with E-state index in [0.29, 0.717) is 11.4 Å². The van der Waals surface area contributed by atoms with E-state index in [9.17, 15) is 4.79 Å². The fraction of sp³-hybridized carbons (Fsp3) is 0. The molecule has 1 aromatic carbocycles. The lowest BCUT2D eigenvalue weighted by Gasteiger charge is -2.05. The predicted molar refractivity (Wildman–Crippen MR) is 89.6 cm³/mol. The summed E-state index contributed by atoms with van der Waals surface area (Å²) < 4.78 is 0.866. The fourth-order valence-corrected chi connectivity index (χ4v) is 2.20. The maximum Gasteiger partial charge on any atom is 0.256 e. The van der Waals surface area contributed by atoms with Crippen molar-refractivity contribution in [1.82, 2.24) is 9.97 Å². The van der Waals surface area contributed by atoms with E-state index in [1.54, 1.807) is 30.6 Å². The van der Waals surface area contributed by atoms with Crippen LogP contribution < -0.4 is 5.32 Å². The Morgan fingerprint density at radius 3 is 2.41 bits per heavy atom. The number of halogens is 1. The molecular weight excluding hydrogens is 342 g/mol. The minimum atomic E-state index is -0.192. The number of anilines is 1. The number of nitrogens with zero attached hydrogens (tertiary/aromatic N) is 2. The normalized spacial score (nSPS) is 10.2. The smallest absolute Gasteiger partial charge is 0.256 e. The number of carbonyl (C=O) groups excluding carboxylic acids is 1. The Hall–Kier alpha value is -2.53. The number of nitrogens with one attached hydrogen (secondary N) is 1. The summed E-state index contributed by atoms with van der Waals surface area (Å²) in [5.74, 6) is 0.324. The first kappa shape index (κ1) is 14.4. The molecule has 1 amide bonds. The van der Waals surface area contributed by atoms with Crippen molar-refractivity contribution in [1.29, 1.82) is 0 Å². The van der Waals surface area contributed by atoms with E-state index >= 15 is 0 Å². The van der Waals surface area contributed by atoms with Gasteiger partial charge in [-0.25, -0.2) is 4.98 Å².